The number of aromatic nitrogens is 2. The second kappa shape index (κ2) is 8.96. The molecule has 2 aromatic heterocycles. The van der Waals surface area contributed by atoms with Gasteiger partial charge >= 0.3 is 5.69 Å². The molecule has 2 N–H and O–H groups in total. The van der Waals surface area contributed by atoms with Gasteiger partial charge in [0.2, 0.25) is 10.0 Å². The summed E-state index contributed by atoms with van der Waals surface area (Å²) < 4.78 is 34.8. The van der Waals surface area contributed by atoms with Crippen LogP contribution in [0.3, 0.4) is 0 Å². The SMILES string of the molecule is O=C(c1cccc(S(=O)(=O)NCc2ccco2)c1)N1CCC(n2c(=O)[nH]c3ccccc32)CC1. The van der Waals surface area contributed by atoms with Gasteiger partial charge in [0.1, 0.15) is 5.76 Å². The lowest BCUT2D eigenvalue weighted by molar-refractivity contribution is 0.0694. The Morgan fingerprint density at radius 2 is 1.85 bits per heavy atom. The molecule has 0 radical (unpaired) electrons. The second-order valence-corrected chi connectivity index (χ2v) is 10.0. The van der Waals surface area contributed by atoms with E-state index in [1.165, 1.54) is 18.4 Å². The van der Waals surface area contributed by atoms with Gasteiger partial charge in [-0.25, -0.2) is 17.9 Å². The van der Waals surface area contributed by atoms with Crippen molar-refractivity contribution in [2.75, 3.05) is 13.1 Å². The zero-order valence-corrected chi connectivity index (χ0v) is 19.1. The van der Waals surface area contributed by atoms with Gasteiger partial charge in [-0.1, -0.05) is 18.2 Å². The molecule has 1 amide bonds. The second-order valence-electron chi connectivity index (χ2n) is 8.27. The van der Waals surface area contributed by atoms with Crippen LogP contribution in [0.1, 0.15) is 35.0 Å². The normalized spacial score (nSPS) is 15.1. The number of hydrogen-bond acceptors (Lipinski definition) is 5. The molecular formula is C24H24N4O5S. The maximum atomic E-state index is 13.1. The number of nitrogens with zero attached hydrogens (tertiary/aromatic N) is 2. The molecule has 9 nitrogen and oxygen atoms in total. The number of carbonyl (C=O) groups is 1. The van der Waals surface area contributed by atoms with Crippen LogP contribution in [0.4, 0.5) is 0 Å². The Labute approximate surface area is 196 Å². The highest BCUT2D eigenvalue weighted by Crippen LogP contribution is 2.26. The summed E-state index contributed by atoms with van der Waals surface area (Å²) in [7, 11) is -3.81. The molecule has 2 aromatic carbocycles. The summed E-state index contributed by atoms with van der Waals surface area (Å²) >= 11 is 0. The van der Waals surface area contributed by atoms with Crippen molar-refractivity contribution in [1.82, 2.24) is 19.2 Å². The van der Waals surface area contributed by atoms with Gasteiger partial charge in [0, 0.05) is 24.7 Å². The number of benzene rings is 2. The van der Waals surface area contributed by atoms with E-state index in [-0.39, 0.29) is 29.1 Å². The Balaban J connectivity index is 1.27. The number of aromatic amines is 1. The third-order valence-corrected chi connectivity index (χ3v) is 7.55. The number of fused-ring (bicyclic) bond motifs is 1. The molecule has 1 saturated heterocycles. The highest BCUT2D eigenvalue weighted by Gasteiger charge is 2.27. The topological polar surface area (TPSA) is 117 Å². The number of furan rings is 1. The van der Waals surface area contributed by atoms with Crippen molar-refractivity contribution in [1.29, 1.82) is 0 Å². The lowest BCUT2D eigenvalue weighted by Gasteiger charge is -2.32. The molecule has 4 aromatic rings. The van der Waals surface area contributed by atoms with Crippen LogP contribution in [0.2, 0.25) is 0 Å². The minimum absolute atomic E-state index is 0.00906. The number of para-hydroxylation sites is 2. The molecule has 10 heteroatoms. The Morgan fingerprint density at radius 1 is 1.06 bits per heavy atom. The van der Waals surface area contributed by atoms with E-state index in [0.717, 1.165) is 11.0 Å². The number of piperidine rings is 1. The van der Waals surface area contributed by atoms with Gasteiger partial charge in [0.05, 0.1) is 28.7 Å². The zero-order valence-electron chi connectivity index (χ0n) is 18.3. The molecule has 5 rings (SSSR count). The predicted octanol–water partition coefficient (Wildman–Crippen LogP) is 2.88. The number of likely N-dealkylation sites (tertiary alicyclic amines) is 1. The van der Waals surface area contributed by atoms with Crippen LogP contribution in [-0.4, -0.2) is 41.9 Å². The molecule has 1 aliphatic heterocycles. The first-order valence-corrected chi connectivity index (χ1v) is 12.5. The van der Waals surface area contributed by atoms with Gasteiger partial charge in [0.25, 0.3) is 5.91 Å². The highest BCUT2D eigenvalue weighted by atomic mass is 32.2. The van der Waals surface area contributed by atoms with E-state index in [1.807, 2.05) is 24.3 Å². The number of amides is 1. The molecule has 1 aliphatic rings. The quantitative estimate of drug-likeness (QED) is 0.440. The van der Waals surface area contributed by atoms with Crippen molar-refractivity contribution < 1.29 is 17.6 Å². The zero-order chi connectivity index (χ0) is 23.7. The number of nitrogens with one attached hydrogen (secondary N) is 2. The maximum absolute atomic E-state index is 13.1. The van der Waals surface area contributed by atoms with E-state index >= 15 is 0 Å². The lowest BCUT2D eigenvalue weighted by Crippen LogP contribution is -2.40. The average Bonchev–Trinajstić information content (AvgIpc) is 3.49. The van der Waals surface area contributed by atoms with Crippen LogP contribution in [-0.2, 0) is 16.6 Å². The summed E-state index contributed by atoms with van der Waals surface area (Å²) in [6, 6.07) is 16.9. The summed E-state index contributed by atoms with van der Waals surface area (Å²) in [5.41, 5.74) is 1.82. The van der Waals surface area contributed by atoms with Gasteiger partial charge in [-0.15, -0.1) is 0 Å². The van der Waals surface area contributed by atoms with E-state index in [1.54, 1.807) is 33.7 Å². The third kappa shape index (κ3) is 4.29. The Hall–Kier alpha value is -3.63. The Kier molecular flexibility index (Phi) is 5.84. The molecule has 34 heavy (non-hydrogen) atoms. The number of carbonyl (C=O) groups excluding carboxylic acids is 1. The van der Waals surface area contributed by atoms with Crippen molar-refractivity contribution in [3.8, 4) is 0 Å². The van der Waals surface area contributed by atoms with E-state index in [2.05, 4.69) is 9.71 Å². The molecule has 3 heterocycles. The minimum Gasteiger partial charge on any atom is -0.468 e. The van der Waals surface area contributed by atoms with Crippen LogP contribution in [0, 0.1) is 0 Å². The van der Waals surface area contributed by atoms with Crippen LogP contribution < -0.4 is 10.4 Å². The van der Waals surface area contributed by atoms with Gasteiger partial charge in [-0.3, -0.25) is 9.36 Å². The molecule has 0 unspecified atom stereocenters. The summed E-state index contributed by atoms with van der Waals surface area (Å²) in [6.07, 6.45) is 2.74. The van der Waals surface area contributed by atoms with Crippen molar-refractivity contribution in [2.45, 2.75) is 30.3 Å². The van der Waals surface area contributed by atoms with Crippen LogP contribution >= 0.6 is 0 Å². The van der Waals surface area contributed by atoms with Crippen molar-refractivity contribution in [2.24, 2.45) is 0 Å². The number of rotatable bonds is 6. The molecule has 176 valence electrons. The number of sulfonamides is 1. The molecule has 0 spiro atoms. The molecular weight excluding hydrogens is 456 g/mol. The largest absolute Gasteiger partial charge is 0.468 e. The Morgan fingerprint density at radius 3 is 2.62 bits per heavy atom. The standard InChI is InChI=1S/C24H24N4O5S/c29-23(17-5-3-7-20(15-17)34(31,32)25-16-19-6-4-14-33-19)27-12-10-18(11-13-27)28-22-9-2-1-8-21(22)26-24(28)30/h1-9,14-15,18,25H,10-13,16H2,(H,26,30). The van der Waals surface area contributed by atoms with E-state index < -0.39 is 10.0 Å². The summed E-state index contributed by atoms with van der Waals surface area (Å²) in [6.45, 7) is 0.973. The summed E-state index contributed by atoms with van der Waals surface area (Å²) in [5.74, 6) is 0.265. The average molecular weight is 481 g/mol. The number of H-pyrrole nitrogens is 1. The van der Waals surface area contributed by atoms with Crippen LogP contribution in [0.25, 0.3) is 11.0 Å². The lowest BCUT2D eigenvalue weighted by atomic mass is 10.0. The molecule has 0 bridgehead atoms. The predicted molar refractivity (Wildman–Crippen MR) is 126 cm³/mol. The monoisotopic (exact) mass is 480 g/mol. The molecule has 0 aliphatic carbocycles. The summed E-state index contributed by atoms with van der Waals surface area (Å²) in [4.78, 5) is 30.2. The van der Waals surface area contributed by atoms with E-state index in [4.69, 9.17) is 4.42 Å². The van der Waals surface area contributed by atoms with Crippen molar-refractivity contribution >= 4 is 27.0 Å². The van der Waals surface area contributed by atoms with Crippen LogP contribution in [0.5, 0.6) is 0 Å². The van der Waals surface area contributed by atoms with Crippen molar-refractivity contribution in [3.63, 3.8) is 0 Å². The smallest absolute Gasteiger partial charge is 0.326 e. The summed E-state index contributed by atoms with van der Waals surface area (Å²) in [5, 5.41) is 0. The molecule has 0 saturated carbocycles. The van der Waals surface area contributed by atoms with Gasteiger partial charge in [0.15, 0.2) is 0 Å². The van der Waals surface area contributed by atoms with Gasteiger partial charge < -0.3 is 14.3 Å². The fourth-order valence-corrected chi connectivity index (χ4v) is 5.44. The number of imidazole rings is 1. The first kappa shape index (κ1) is 22.2. The van der Waals surface area contributed by atoms with Crippen LogP contribution in [0.15, 0.2) is 81.0 Å². The number of hydrogen-bond donors (Lipinski definition) is 2. The minimum atomic E-state index is -3.81. The van der Waals surface area contributed by atoms with E-state index in [0.29, 0.717) is 37.3 Å². The fraction of sp³-hybridized carbons (Fsp3) is 0.250. The maximum Gasteiger partial charge on any atom is 0.326 e. The first-order valence-electron chi connectivity index (χ1n) is 11.0. The Bertz CT molecular complexity index is 1480. The fourth-order valence-electron chi connectivity index (χ4n) is 4.41. The first-order chi connectivity index (χ1) is 16.4. The van der Waals surface area contributed by atoms with Gasteiger partial charge in [-0.2, -0.15) is 0 Å². The molecule has 0 atom stereocenters. The third-order valence-electron chi connectivity index (χ3n) is 6.15. The molecule has 1 fully saturated rings. The van der Waals surface area contributed by atoms with E-state index in [9.17, 15) is 18.0 Å². The van der Waals surface area contributed by atoms with Crippen molar-refractivity contribution in [3.05, 3.63) is 88.7 Å². The van der Waals surface area contributed by atoms with Gasteiger partial charge in [-0.05, 0) is 55.3 Å². The highest BCUT2D eigenvalue weighted by molar-refractivity contribution is 7.89.